The van der Waals surface area contributed by atoms with E-state index >= 15 is 0 Å². The molecule has 0 fully saturated rings. The Balaban J connectivity index is 2.87. The summed E-state index contributed by atoms with van der Waals surface area (Å²) >= 11 is 5.34. The van der Waals surface area contributed by atoms with Crippen molar-refractivity contribution in [2.24, 2.45) is 0 Å². The average molecular weight is 199 g/mol. The maximum Gasteiger partial charge on any atom is 0.239 e. The molecule has 0 aliphatic rings. The van der Waals surface area contributed by atoms with Crippen LogP contribution < -0.4 is 11.1 Å². The molecule has 1 amide bonds. The molecule has 0 unspecified atom stereocenters. The van der Waals surface area contributed by atoms with Crippen LogP contribution in [0, 0.1) is 6.92 Å². The van der Waals surface area contributed by atoms with Gasteiger partial charge in [-0.15, -0.1) is 11.6 Å². The van der Waals surface area contributed by atoms with Crippen molar-refractivity contribution in [1.29, 1.82) is 0 Å². The number of hydrogen-bond donors (Lipinski definition) is 2. The van der Waals surface area contributed by atoms with Crippen molar-refractivity contribution in [3.63, 3.8) is 0 Å². The molecule has 0 aliphatic carbocycles. The van der Waals surface area contributed by atoms with Gasteiger partial charge in [0.2, 0.25) is 5.91 Å². The van der Waals surface area contributed by atoms with E-state index in [1.54, 1.807) is 12.1 Å². The topological polar surface area (TPSA) is 55.1 Å². The highest BCUT2D eigenvalue weighted by Gasteiger charge is 2.03. The van der Waals surface area contributed by atoms with Crippen LogP contribution in [0.2, 0.25) is 0 Å². The Labute approximate surface area is 81.9 Å². The van der Waals surface area contributed by atoms with Gasteiger partial charge < -0.3 is 11.1 Å². The zero-order valence-corrected chi connectivity index (χ0v) is 8.06. The Kier molecular flexibility index (Phi) is 3.14. The minimum atomic E-state index is -0.251. The molecule has 1 aromatic rings. The van der Waals surface area contributed by atoms with Crippen molar-refractivity contribution >= 4 is 28.9 Å². The Hall–Kier alpha value is -1.22. The fourth-order valence-corrected chi connectivity index (χ4v) is 1.03. The van der Waals surface area contributed by atoms with Crippen LogP contribution in [-0.2, 0) is 4.79 Å². The van der Waals surface area contributed by atoms with Crippen LogP contribution in [0.25, 0.3) is 0 Å². The highest BCUT2D eigenvalue weighted by atomic mass is 35.5. The molecule has 0 aromatic heterocycles. The number of aryl methyl sites for hydroxylation is 1. The summed E-state index contributed by atoms with van der Waals surface area (Å²) in [6.45, 7) is 1.93. The van der Waals surface area contributed by atoms with Crippen LogP contribution in [0.3, 0.4) is 0 Å². The van der Waals surface area contributed by atoms with E-state index in [4.69, 9.17) is 17.3 Å². The lowest BCUT2D eigenvalue weighted by molar-refractivity contribution is -0.113. The first-order valence-electron chi connectivity index (χ1n) is 3.85. The summed E-state index contributed by atoms with van der Waals surface area (Å²) in [7, 11) is 0. The number of anilines is 2. The zero-order valence-electron chi connectivity index (χ0n) is 7.30. The number of nitrogens with one attached hydrogen (secondary N) is 1. The van der Waals surface area contributed by atoms with Gasteiger partial charge in [0.25, 0.3) is 0 Å². The third kappa shape index (κ3) is 2.63. The third-order valence-electron chi connectivity index (χ3n) is 1.60. The van der Waals surface area contributed by atoms with Gasteiger partial charge in [-0.25, -0.2) is 0 Å². The number of halogens is 1. The largest absolute Gasteiger partial charge is 0.397 e. The van der Waals surface area contributed by atoms with E-state index in [0.29, 0.717) is 11.4 Å². The molecule has 1 rings (SSSR count). The van der Waals surface area contributed by atoms with Crippen molar-refractivity contribution < 1.29 is 4.79 Å². The Bertz CT molecular complexity index is 325. The zero-order chi connectivity index (χ0) is 9.84. The van der Waals surface area contributed by atoms with Crippen molar-refractivity contribution in [3.05, 3.63) is 23.8 Å². The lowest BCUT2D eigenvalue weighted by Gasteiger charge is -2.07. The summed E-state index contributed by atoms with van der Waals surface area (Å²) in [4.78, 5) is 10.9. The minimum Gasteiger partial charge on any atom is -0.397 e. The molecule has 70 valence electrons. The van der Waals surface area contributed by atoms with Crippen LogP contribution in [0.15, 0.2) is 18.2 Å². The Morgan fingerprint density at radius 1 is 1.62 bits per heavy atom. The molecule has 0 saturated carbocycles. The normalized spacial score (nSPS) is 9.69. The van der Waals surface area contributed by atoms with Crippen LogP contribution in [-0.4, -0.2) is 11.8 Å². The van der Waals surface area contributed by atoms with Crippen LogP contribution in [0.4, 0.5) is 11.4 Å². The maximum atomic E-state index is 10.9. The monoisotopic (exact) mass is 198 g/mol. The summed E-state index contributed by atoms with van der Waals surface area (Å²) in [5, 5.41) is 2.60. The van der Waals surface area contributed by atoms with Crippen LogP contribution in [0.5, 0.6) is 0 Å². The quantitative estimate of drug-likeness (QED) is 0.562. The van der Waals surface area contributed by atoms with Gasteiger partial charge >= 0.3 is 0 Å². The van der Waals surface area contributed by atoms with E-state index in [2.05, 4.69) is 5.32 Å². The number of rotatable bonds is 2. The summed E-state index contributed by atoms with van der Waals surface area (Å²) in [5.41, 5.74) is 7.84. The predicted molar refractivity (Wildman–Crippen MR) is 54.9 cm³/mol. The van der Waals surface area contributed by atoms with Crippen molar-refractivity contribution in [1.82, 2.24) is 0 Å². The van der Waals surface area contributed by atoms with Crippen molar-refractivity contribution in [2.75, 3.05) is 16.9 Å². The molecule has 4 heteroatoms. The highest BCUT2D eigenvalue weighted by molar-refractivity contribution is 6.29. The van der Waals surface area contributed by atoms with Gasteiger partial charge in [-0.3, -0.25) is 4.79 Å². The molecule has 0 aliphatic heterocycles. The van der Waals surface area contributed by atoms with Gasteiger partial charge in [0.1, 0.15) is 5.88 Å². The first-order chi connectivity index (χ1) is 6.13. The second-order valence-electron chi connectivity index (χ2n) is 2.77. The van der Waals surface area contributed by atoms with E-state index in [1.807, 2.05) is 13.0 Å². The molecule has 0 radical (unpaired) electrons. The molecule has 1 aromatic carbocycles. The van der Waals surface area contributed by atoms with Crippen LogP contribution in [0.1, 0.15) is 5.56 Å². The second-order valence-corrected chi connectivity index (χ2v) is 3.04. The van der Waals surface area contributed by atoms with Gasteiger partial charge in [-0.1, -0.05) is 6.07 Å². The van der Waals surface area contributed by atoms with Crippen molar-refractivity contribution in [2.45, 2.75) is 6.92 Å². The number of nitrogen functional groups attached to an aromatic ring is 1. The average Bonchev–Trinajstić information content (AvgIpc) is 2.11. The second kappa shape index (κ2) is 4.14. The fourth-order valence-electron chi connectivity index (χ4n) is 0.962. The molecule has 0 atom stereocenters. The predicted octanol–water partition coefficient (Wildman–Crippen LogP) is 1.75. The molecular weight excluding hydrogens is 188 g/mol. The van der Waals surface area contributed by atoms with E-state index in [1.165, 1.54) is 0 Å². The lowest BCUT2D eigenvalue weighted by Crippen LogP contribution is -2.13. The molecule has 0 spiro atoms. The number of carbonyl (C=O) groups is 1. The molecule has 13 heavy (non-hydrogen) atoms. The molecule has 3 N–H and O–H groups in total. The summed E-state index contributed by atoms with van der Waals surface area (Å²) in [6, 6.07) is 5.44. The van der Waals surface area contributed by atoms with Gasteiger partial charge in [-0.05, 0) is 24.6 Å². The van der Waals surface area contributed by atoms with Gasteiger partial charge in [0.15, 0.2) is 0 Å². The van der Waals surface area contributed by atoms with Gasteiger partial charge in [-0.2, -0.15) is 0 Å². The number of alkyl halides is 1. The Morgan fingerprint density at radius 3 is 2.92 bits per heavy atom. The summed E-state index contributed by atoms with van der Waals surface area (Å²) < 4.78 is 0. The lowest BCUT2D eigenvalue weighted by atomic mass is 10.2. The van der Waals surface area contributed by atoms with E-state index in [0.717, 1.165) is 5.56 Å². The molecule has 0 saturated heterocycles. The fraction of sp³-hybridized carbons (Fsp3) is 0.222. The molecular formula is C9H11ClN2O. The number of amides is 1. The van der Waals surface area contributed by atoms with E-state index in [-0.39, 0.29) is 11.8 Å². The van der Waals surface area contributed by atoms with Gasteiger partial charge in [0, 0.05) is 0 Å². The van der Waals surface area contributed by atoms with Crippen LogP contribution >= 0.6 is 11.6 Å². The smallest absolute Gasteiger partial charge is 0.239 e. The number of carbonyl (C=O) groups excluding carboxylic acids is 1. The maximum absolute atomic E-state index is 10.9. The highest BCUT2D eigenvalue weighted by Crippen LogP contribution is 2.19. The summed E-state index contributed by atoms with van der Waals surface area (Å²) in [5.74, 6) is -0.313. The van der Waals surface area contributed by atoms with Crippen molar-refractivity contribution in [3.8, 4) is 0 Å². The standard InChI is InChI=1S/C9H11ClN2O/c1-6-2-3-7(11)8(4-6)12-9(13)5-10/h2-4H,5,11H2,1H3,(H,12,13). The Morgan fingerprint density at radius 2 is 2.31 bits per heavy atom. The SMILES string of the molecule is Cc1ccc(N)c(NC(=O)CCl)c1. The third-order valence-corrected chi connectivity index (χ3v) is 1.85. The minimum absolute atomic E-state index is 0.0621. The van der Waals surface area contributed by atoms with Gasteiger partial charge in [0.05, 0.1) is 11.4 Å². The molecule has 0 bridgehead atoms. The first-order valence-corrected chi connectivity index (χ1v) is 4.39. The summed E-state index contributed by atoms with van der Waals surface area (Å²) in [6.07, 6.45) is 0. The number of nitrogens with two attached hydrogens (primary N) is 1. The molecule has 0 heterocycles. The number of hydrogen-bond acceptors (Lipinski definition) is 2. The molecule has 3 nitrogen and oxygen atoms in total. The first kappa shape index (κ1) is 9.86. The van der Waals surface area contributed by atoms with E-state index < -0.39 is 0 Å². The number of benzene rings is 1. The van der Waals surface area contributed by atoms with E-state index in [9.17, 15) is 4.79 Å².